The molecule has 0 spiro atoms. The minimum atomic E-state index is -0.252. The van der Waals surface area contributed by atoms with Crippen molar-refractivity contribution in [3.63, 3.8) is 0 Å². The van der Waals surface area contributed by atoms with Crippen LogP contribution in [-0.2, 0) is 4.79 Å². The molecule has 3 rings (SSSR count). The van der Waals surface area contributed by atoms with Crippen LogP contribution in [0, 0.1) is 6.92 Å². The maximum atomic E-state index is 12.1. The summed E-state index contributed by atoms with van der Waals surface area (Å²) in [5.74, 6) is 0.160. The maximum absolute atomic E-state index is 12.1. The van der Waals surface area contributed by atoms with Gasteiger partial charge in [-0.15, -0.1) is 0 Å². The lowest BCUT2D eigenvalue weighted by atomic mass is 10.1. The molecule has 8 heteroatoms. The molecule has 0 radical (unpaired) electrons. The van der Waals surface area contributed by atoms with E-state index >= 15 is 0 Å². The topological polar surface area (TPSA) is 67.8 Å². The van der Waals surface area contributed by atoms with E-state index in [4.69, 9.17) is 23.2 Å². The van der Waals surface area contributed by atoms with E-state index < -0.39 is 0 Å². The maximum Gasteiger partial charge on any atom is 0.236 e. The Kier molecular flexibility index (Phi) is 6.08. The number of amides is 1. The van der Waals surface area contributed by atoms with Gasteiger partial charge in [0.15, 0.2) is 11.0 Å². The summed E-state index contributed by atoms with van der Waals surface area (Å²) in [6.07, 6.45) is 1.42. The number of rotatable bonds is 5. The van der Waals surface area contributed by atoms with Crippen LogP contribution in [0.15, 0.2) is 53.8 Å². The van der Waals surface area contributed by atoms with Gasteiger partial charge in [-0.1, -0.05) is 65.3 Å². The van der Waals surface area contributed by atoms with Crippen LogP contribution < -0.4 is 5.32 Å². The first-order valence-corrected chi connectivity index (χ1v) is 9.40. The Morgan fingerprint density at radius 3 is 2.65 bits per heavy atom. The minimum absolute atomic E-state index is 0.137. The molecule has 0 saturated heterocycles. The average Bonchev–Trinajstić information content (AvgIpc) is 2.63. The third-order valence-electron chi connectivity index (χ3n) is 3.30. The van der Waals surface area contributed by atoms with Crippen molar-refractivity contribution in [1.29, 1.82) is 0 Å². The van der Waals surface area contributed by atoms with Gasteiger partial charge < -0.3 is 5.32 Å². The molecular weight excluding hydrogens is 391 g/mol. The van der Waals surface area contributed by atoms with Crippen LogP contribution in [0.5, 0.6) is 0 Å². The molecule has 1 N–H and O–H groups in total. The van der Waals surface area contributed by atoms with Crippen molar-refractivity contribution in [2.75, 3.05) is 11.1 Å². The fraction of sp³-hybridized carbons (Fsp3) is 0.111. The zero-order valence-electron chi connectivity index (χ0n) is 13.7. The summed E-state index contributed by atoms with van der Waals surface area (Å²) in [5.41, 5.74) is 2.66. The number of benzene rings is 1. The second kappa shape index (κ2) is 8.49. The molecule has 0 unspecified atom stereocenters. The summed E-state index contributed by atoms with van der Waals surface area (Å²) in [7, 11) is 0. The van der Waals surface area contributed by atoms with Crippen LogP contribution in [0.2, 0.25) is 10.0 Å². The molecule has 1 amide bonds. The highest BCUT2D eigenvalue weighted by Gasteiger charge is 2.11. The molecule has 3 aromatic rings. The van der Waals surface area contributed by atoms with Gasteiger partial charge in [-0.2, -0.15) is 0 Å². The molecule has 2 aromatic heterocycles. The van der Waals surface area contributed by atoms with E-state index in [1.165, 1.54) is 24.0 Å². The molecule has 0 bridgehead atoms. The van der Waals surface area contributed by atoms with Crippen molar-refractivity contribution < 1.29 is 4.79 Å². The van der Waals surface area contributed by atoms with Gasteiger partial charge in [0.25, 0.3) is 0 Å². The molecule has 2 heterocycles. The van der Waals surface area contributed by atoms with Gasteiger partial charge in [0.1, 0.15) is 0 Å². The number of halogens is 2. The standard InChI is InChI=1S/C18H14Cl2N4OS/c1-11-7-15(12-5-3-2-4-6-12)23-18(22-11)26-10-16(25)24-17-14(20)8-13(19)9-21-17/h2-9H,10H2,1H3,(H,21,24,25). The minimum Gasteiger partial charge on any atom is -0.309 e. The molecule has 0 saturated carbocycles. The largest absolute Gasteiger partial charge is 0.309 e. The van der Waals surface area contributed by atoms with E-state index in [0.717, 1.165) is 17.0 Å². The second-order valence-electron chi connectivity index (χ2n) is 5.36. The summed E-state index contributed by atoms with van der Waals surface area (Å²) < 4.78 is 0. The first kappa shape index (κ1) is 18.6. The molecule has 0 aliphatic heterocycles. The Balaban J connectivity index is 1.67. The predicted octanol–water partition coefficient (Wildman–Crippen LogP) is 4.88. The Morgan fingerprint density at radius 1 is 1.15 bits per heavy atom. The van der Waals surface area contributed by atoms with Crippen LogP contribution in [0.4, 0.5) is 5.82 Å². The van der Waals surface area contributed by atoms with Gasteiger partial charge in [0, 0.05) is 17.5 Å². The number of nitrogens with zero attached hydrogens (tertiary/aromatic N) is 3. The normalized spacial score (nSPS) is 10.6. The fourth-order valence-electron chi connectivity index (χ4n) is 2.17. The SMILES string of the molecule is Cc1cc(-c2ccccc2)nc(SCC(=O)Nc2ncc(Cl)cc2Cl)n1. The number of pyridine rings is 1. The number of nitrogens with one attached hydrogen (secondary N) is 1. The number of thioether (sulfide) groups is 1. The Hall–Kier alpha value is -2.15. The average molecular weight is 405 g/mol. The quantitative estimate of drug-likeness (QED) is 0.484. The molecule has 0 atom stereocenters. The van der Waals surface area contributed by atoms with Gasteiger partial charge in [0.2, 0.25) is 5.91 Å². The summed E-state index contributed by atoms with van der Waals surface area (Å²) in [6.45, 7) is 1.90. The van der Waals surface area contributed by atoms with Crippen molar-refractivity contribution in [3.8, 4) is 11.3 Å². The summed E-state index contributed by atoms with van der Waals surface area (Å²) in [4.78, 5) is 25.1. The number of hydrogen-bond acceptors (Lipinski definition) is 5. The molecule has 132 valence electrons. The number of hydrogen-bond donors (Lipinski definition) is 1. The highest BCUT2D eigenvalue weighted by Crippen LogP contribution is 2.24. The lowest BCUT2D eigenvalue weighted by Gasteiger charge is -2.07. The van der Waals surface area contributed by atoms with Crippen molar-refractivity contribution >= 4 is 46.7 Å². The van der Waals surface area contributed by atoms with Crippen molar-refractivity contribution in [2.24, 2.45) is 0 Å². The monoisotopic (exact) mass is 404 g/mol. The Morgan fingerprint density at radius 2 is 1.92 bits per heavy atom. The molecule has 0 fully saturated rings. The molecule has 1 aromatic carbocycles. The number of aromatic nitrogens is 3. The molecular formula is C18H14Cl2N4OS. The van der Waals surface area contributed by atoms with Crippen molar-refractivity contribution in [3.05, 3.63) is 64.4 Å². The van der Waals surface area contributed by atoms with Gasteiger partial charge in [-0.05, 0) is 19.1 Å². The first-order valence-electron chi connectivity index (χ1n) is 7.66. The van der Waals surface area contributed by atoms with Crippen molar-refractivity contribution in [2.45, 2.75) is 12.1 Å². The van der Waals surface area contributed by atoms with E-state index in [1.54, 1.807) is 0 Å². The summed E-state index contributed by atoms with van der Waals surface area (Å²) in [6, 6.07) is 13.3. The lowest BCUT2D eigenvalue weighted by Crippen LogP contribution is -2.15. The van der Waals surface area contributed by atoms with Crippen LogP contribution in [0.1, 0.15) is 5.69 Å². The zero-order valence-corrected chi connectivity index (χ0v) is 16.1. The Labute approximate surface area is 165 Å². The summed E-state index contributed by atoms with van der Waals surface area (Å²) in [5, 5.41) is 3.88. The van der Waals surface area contributed by atoms with Crippen LogP contribution >= 0.6 is 35.0 Å². The van der Waals surface area contributed by atoms with Crippen LogP contribution in [0.3, 0.4) is 0 Å². The zero-order chi connectivity index (χ0) is 18.5. The number of anilines is 1. The van der Waals surface area contributed by atoms with Crippen molar-refractivity contribution in [1.82, 2.24) is 15.0 Å². The molecule has 5 nitrogen and oxygen atoms in total. The molecule has 0 aliphatic carbocycles. The fourth-order valence-corrected chi connectivity index (χ4v) is 3.30. The number of carbonyl (C=O) groups is 1. The Bertz CT molecular complexity index is 938. The van der Waals surface area contributed by atoms with E-state index in [1.807, 2.05) is 43.3 Å². The highest BCUT2D eigenvalue weighted by atomic mass is 35.5. The third kappa shape index (κ3) is 4.94. The first-order chi connectivity index (χ1) is 12.5. The predicted molar refractivity (Wildman–Crippen MR) is 106 cm³/mol. The smallest absolute Gasteiger partial charge is 0.236 e. The van der Waals surface area contributed by atoms with Gasteiger partial charge in [0.05, 0.1) is 21.5 Å². The van der Waals surface area contributed by atoms with Gasteiger partial charge in [-0.25, -0.2) is 15.0 Å². The van der Waals surface area contributed by atoms with Gasteiger partial charge in [-0.3, -0.25) is 4.79 Å². The third-order valence-corrected chi connectivity index (χ3v) is 4.64. The van der Waals surface area contributed by atoms with E-state index in [2.05, 4.69) is 20.3 Å². The molecule has 26 heavy (non-hydrogen) atoms. The lowest BCUT2D eigenvalue weighted by molar-refractivity contribution is -0.113. The highest BCUT2D eigenvalue weighted by molar-refractivity contribution is 7.99. The second-order valence-corrected chi connectivity index (χ2v) is 7.15. The number of carbonyl (C=O) groups excluding carboxylic acids is 1. The summed E-state index contributed by atoms with van der Waals surface area (Å²) >= 11 is 13.1. The van der Waals surface area contributed by atoms with E-state index in [-0.39, 0.29) is 22.5 Å². The van der Waals surface area contributed by atoms with E-state index in [0.29, 0.717) is 10.2 Å². The van der Waals surface area contributed by atoms with E-state index in [9.17, 15) is 4.79 Å². The van der Waals surface area contributed by atoms with Crippen LogP contribution in [-0.4, -0.2) is 26.6 Å². The van der Waals surface area contributed by atoms with Gasteiger partial charge >= 0.3 is 0 Å². The number of aryl methyl sites for hydroxylation is 1. The van der Waals surface area contributed by atoms with Crippen LogP contribution in [0.25, 0.3) is 11.3 Å². The molecule has 0 aliphatic rings.